The maximum absolute atomic E-state index is 5.68. The van der Waals surface area contributed by atoms with Crippen molar-refractivity contribution in [2.45, 2.75) is 6.42 Å². The van der Waals surface area contributed by atoms with Gasteiger partial charge in [-0.3, -0.25) is 0 Å². The molecular formula is C14H12N4O2. The fourth-order valence-electron chi connectivity index (χ4n) is 2.23. The number of nitrogens with zero attached hydrogens (tertiary/aromatic N) is 3. The van der Waals surface area contributed by atoms with Gasteiger partial charge in [0, 0.05) is 24.1 Å². The molecule has 1 N–H and O–H groups in total. The number of benzene rings is 1. The van der Waals surface area contributed by atoms with Crippen LogP contribution >= 0.6 is 0 Å². The normalized spacial score (nSPS) is 14.2. The first kappa shape index (κ1) is 11.2. The van der Waals surface area contributed by atoms with Crippen molar-refractivity contribution in [2.75, 3.05) is 13.2 Å². The third-order valence-electron chi connectivity index (χ3n) is 3.21. The van der Waals surface area contributed by atoms with Crippen molar-refractivity contribution in [3.05, 3.63) is 30.6 Å². The SMILES string of the molecule is c1cc(-c2nc3cc4c(cc3[nH]2)OCCCO4)cnn1. The predicted molar refractivity (Wildman–Crippen MR) is 72.7 cm³/mol. The van der Waals surface area contributed by atoms with Crippen LogP contribution in [0.1, 0.15) is 6.42 Å². The zero-order valence-corrected chi connectivity index (χ0v) is 10.7. The van der Waals surface area contributed by atoms with E-state index in [-0.39, 0.29) is 0 Å². The Bertz CT molecular complexity index is 711. The van der Waals surface area contributed by atoms with Crippen molar-refractivity contribution in [1.82, 2.24) is 20.2 Å². The minimum Gasteiger partial charge on any atom is -0.489 e. The number of hydrogen-bond acceptors (Lipinski definition) is 5. The summed E-state index contributed by atoms with van der Waals surface area (Å²) in [6, 6.07) is 5.70. The van der Waals surface area contributed by atoms with Crippen LogP contribution in [-0.2, 0) is 0 Å². The molecule has 100 valence electrons. The van der Waals surface area contributed by atoms with Gasteiger partial charge in [-0.1, -0.05) is 0 Å². The Morgan fingerprint density at radius 1 is 1.05 bits per heavy atom. The molecule has 0 radical (unpaired) electrons. The number of aromatic nitrogens is 4. The highest BCUT2D eigenvalue weighted by atomic mass is 16.5. The highest BCUT2D eigenvalue weighted by molar-refractivity contribution is 5.82. The van der Waals surface area contributed by atoms with Crippen LogP contribution in [0.2, 0.25) is 0 Å². The summed E-state index contributed by atoms with van der Waals surface area (Å²) in [6.45, 7) is 1.35. The molecule has 3 heterocycles. The van der Waals surface area contributed by atoms with E-state index in [0.29, 0.717) is 13.2 Å². The molecule has 0 amide bonds. The summed E-state index contributed by atoms with van der Waals surface area (Å²) < 4.78 is 11.3. The minimum absolute atomic E-state index is 0.671. The molecule has 0 unspecified atom stereocenters. The van der Waals surface area contributed by atoms with Crippen molar-refractivity contribution in [3.8, 4) is 22.9 Å². The van der Waals surface area contributed by atoms with Gasteiger partial charge < -0.3 is 14.5 Å². The zero-order chi connectivity index (χ0) is 13.4. The lowest BCUT2D eigenvalue weighted by Crippen LogP contribution is -1.97. The number of fused-ring (bicyclic) bond motifs is 2. The van der Waals surface area contributed by atoms with Crippen LogP contribution in [0.25, 0.3) is 22.4 Å². The number of aromatic amines is 1. The fraction of sp³-hybridized carbons (Fsp3) is 0.214. The zero-order valence-electron chi connectivity index (χ0n) is 10.7. The van der Waals surface area contributed by atoms with Crippen LogP contribution in [0, 0.1) is 0 Å². The Morgan fingerprint density at radius 2 is 1.90 bits per heavy atom. The van der Waals surface area contributed by atoms with Crippen LogP contribution in [0.15, 0.2) is 30.6 Å². The van der Waals surface area contributed by atoms with Gasteiger partial charge >= 0.3 is 0 Å². The number of nitrogens with one attached hydrogen (secondary N) is 1. The molecule has 0 saturated heterocycles. The molecule has 0 saturated carbocycles. The lowest BCUT2D eigenvalue weighted by molar-refractivity contribution is 0.297. The molecule has 1 aliphatic rings. The monoisotopic (exact) mass is 268 g/mol. The van der Waals surface area contributed by atoms with Gasteiger partial charge in [0.15, 0.2) is 11.5 Å². The molecule has 0 spiro atoms. The van der Waals surface area contributed by atoms with Gasteiger partial charge in [0.1, 0.15) is 5.82 Å². The van der Waals surface area contributed by atoms with Gasteiger partial charge in [-0.05, 0) is 6.07 Å². The van der Waals surface area contributed by atoms with E-state index in [1.165, 1.54) is 0 Å². The maximum Gasteiger partial charge on any atom is 0.163 e. The molecule has 0 fully saturated rings. The van der Waals surface area contributed by atoms with E-state index in [2.05, 4.69) is 20.2 Å². The number of rotatable bonds is 1. The molecule has 6 heteroatoms. The second-order valence-electron chi connectivity index (χ2n) is 4.58. The molecule has 3 aromatic rings. The lowest BCUT2D eigenvalue weighted by Gasteiger charge is -2.05. The quantitative estimate of drug-likeness (QED) is 0.732. The molecule has 0 aliphatic carbocycles. The Morgan fingerprint density at radius 3 is 2.70 bits per heavy atom. The molecule has 1 aromatic carbocycles. The first-order valence-corrected chi connectivity index (χ1v) is 6.46. The fourth-order valence-corrected chi connectivity index (χ4v) is 2.23. The van der Waals surface area contributed by atoms with Crippen molar-refractivity contribution in [2.24, 2.45) is 0 Å². The summed E-state index contributed by atoms with van der Waals surface area (Å²) in [5.41, 5.74) is 2.66. The van der Waals surface area contributed by atoms with Gasteiger partial charge in [-0.25, -0.2) is 4.98 Å². The smallest absolute Gasteiger partial charge is 0.163 e. The van der Waals surface area contributed by atoms with E-state index in [0.717, 1.165) is 40.3 Å². The van der Waals surface area contributed by atoms with Crippen LogP contribution in [0.5, 0.6) is 11.5 Å². The van der Waals surface area contributed by atoms with E-state index in [4.69, 9.17) is 9.47 Å². The van der Waals surface area contributed by atoms with Crippen molar-refractivity contribution in [3.63, 3.8) is 0 Å². The van der Waals surface area contributed by atoms with Crippen molar-refractivity contribution >= 4 is 11.0 Å². The van der Waals surface area contributed by atoms with E-state index in [1.807, 2.05) is 18.2 Å². The Balaban J connectivity index is 1.84. The third-order valence-corrected chi connectivity index (χ3v) is 3.21. The first-order chi connectivity index (χ1) is 9.90. The summed E-state index contributed by atoms with van der Waals surface area (Å²) in [4.78, 5) is 7.83. The molecule has 1 aliphatic heterocycles. The van der Waals surface area contributed by atoms with Gasteiger partial charge in [0.2, 0.25) is 0 Å². The number of H-pyrrole nitrogens is 1. The lowest BCUT2D eigenvalue weighted by atomic mass is 10.3. The van der Waals surface area contributed by atoms with Crippen LogP contribution in [-0.4, -0.2) is 33.4 Å². The predicted octanol–water partition coefficient (Wildman–Crippen LogP) is 2.18. The molecule has 6 nitrogen and oxygen atoms in total. The summed E-state index contributed by atoms with van der Waals surface area (Å²) >= 11 is 0. The Labute approximate surface area is 114 Å². The maximum atomic E-state index is 5.68. The second kappa shape index (κ2) is 4.48. The minimum atomic E-state index is 0.671. The molecule has 20 heavy (non-hydrogen) atoms. The van der Waals surface area contributed by atoms with Crippen LogP contribution in [0.3, 0.4) is 0 Å². The molecule has 0 bridgehead atoms. The Kier molecular flexibility index (Phi) is 2.51. The molecule has 2 aromatic heterocycles. The average molecular weight is 268 g/mol. The van der Waals surface area contributed by atoms with E-state index in [1.54, 1.807) is 12.4 Å². The highest BCUT2D eigenvalue weighted by Crippen LogP contribution is 2.34. The van der Waals surface area contributed by atoms with Gasteiger partial charge in [0.25, 0.3) is 0 Å². The molecule has 4 rings (SSSR count). The Hall–Kier alpha value is -2.63. The standard InChI is InChI=1S/C14H12N4O2/c1-4-19-12-6-10-11(7-13(12)20-5-1)18-14(17-10)9-2-3-15-16-8-9/h2-3,6-8H,1,4-5H2,(H,17,18). The average Bonchev–Trinajstić information content (AvgIpc) is 2.76. The summed E-state index contributed by atoms with van der Waals surface area (Å²) in [5, 5.41) is 7.63. The largest absolute Gasteiger partial charge is 0.489 e. The van der Waals surface area contributed by atoms with Crippen LogP contribution < -0.4 is 9.47 Å². The summed E-state index contributed by atoms with van der Waals surface area (Å²) in [6.07, 6.45) is 4.21. The topological polar surface area (TPSA) is 72.9 Å². The second-order valence-corrected chi connectivity index (χ2v) is 4.58. The van der Waals surface area contributed by atoms with E-state index >= 15 is 0 Å². The number of imidazole rings is 1. The van der Waals surface area contributed by atoms with Gasteiger partial charge in [-0.15, -0.1) is 0 Å². The molecular weight excluding hydrogens is 256 g/mol. The van der Waals surface area contributed by atoms with E-state index in [9.17, 15) is 0 Å². The number of ether oxygens (including phenoxy) is 2. The number of hydrogen-bond donors (Lipinski definition) is 1. The van der Waals surface area contributed by atoms with Crippen LogP contribution in [0.4, 0.5) is 0 Å². The summed E-state index contributed by atoms with van der Waals surface area (Å²) in [5.74, 6) is 2.27. The summed E-state index contributed by atoms with van der Waals surface area (Å²) in [7, 11) is 0. The van der Waals surface area contributed by atoms with Gasteiger partial charge in [-0.2, -0.15) is 10.2 Å². The van der Waals surface area contributed by atoms with Gasteiger partial charge in [0.05, 0.1) is 36.6 Å². The molecule has 0 atom stereocenters. The van der Waals surface area contributed by atoms with E-state index < -0.39 is 0 Å². The van der Waals surface area contributed by atoms with Crippen molar-refractivity contribution in [1.29, 1.82) is 0 Å². The van der Waals surface area contributed by atoms with Crippen molar-refractivity contribution < 1.29 is 9.47 Å². The first-order valence-electron chi connectivity index (χ1n) is 6.46. The highest BCUT2D eigenvalue weighted by Gasteiger charge is 2.14. The third kappa shape index (κ3) is 1.85.